The second-order valence-electron chi connectivity index (χ2n) is 17.4. The van der Waals surface area contributed by atoms with E-state index in [9.17, 15) is 38.7 Å². The van der Waals surface area contributed by atoms with Crippen LogP contribution in [-0.2, 0) is 59.4 Å². The van der Waals surface area contributed by atoms with Crippen molar-refractivity contribution in [1.29, 1.82) is 0 Å². The molecule has 0 radical (unpaired) electrons. The zero-order chi connectivity index (χ0) is 48.3. The average Bonchev–Trinajstić information content (AvgIpc) is 4.09. The molecule has 7 aromatic rings. The summed E-state index contributed by atoms with van der Waals surface area (Å²) in [5, 5.41) is 25.4. The van der Waals surface area contributed by atoms with Crippen LogP contribution in [0.5, 0.6) is 0 Å². The zero-order valence-electron chi connectivity index (χ0n) is 37.7. The first-order valence-electron chi connectivity index (χ1n) is 23.0. The quantitative estimate of drug-likeness (QED) is 0.0483. The maximum atomic E-state index is 14.5. The molecule has 3 heterocycles. The molecule has 17 heteroatoms. The number of aliphatic carboxylic acids is 1. The number of ether oxygens (including phenoxy) is 1. The smallest absolute Gasteiger partial charge is 0.408 e. The molecule has 5 amide bonds. The van der Waals surface area contributed by atoms with Crippen LogP contribution in [-0.4, -0.2) is 92.2 Å². The fraction of sp³-hybridized carbons (Fsp3) is 0.288. The molecule has 3 aromatic heterocycles. The Labute approximate surface area is 396 Å². The lowest BCUT2D eigenvalue weighted by molar-refractivity contribution is -0.138. The van der Waals surface area contributed by atoms with Gasteiger partial charge < -0.3 is 51.4 Å². The number of carbonyl (C=O) groups excluding carboxylic acids is 6. The molecule has 17 nitrogen and oxygen atoms in total. The molecule has 0 spiro atoms. The van der Waals surface area contributed by atoms with E-state index >= 15 is 0 Å². The van der Waals surface area contributed by atoms with E-state index in [0.29, 0.717) is 19.3 Å². The van der Waals surface area contributed by atoms with Crippen molar-refractivity contribution in [3.8, 4) is 0 Å². The molecule has 1 aliphatic carbocycles. The first kappa shape index (κ1) is 47.3. The van der Waals surface area contributed by atoms with E-state index in [4.69, 9.17) is 4.74 Å². The third-order valence-electron chi connectivity index (χ3n) is 12.6. The largest absolute Gasteiger partial charge is 0.480 e. The topological polar surface area (TPSA) is 256 Å². The molecule has 356 valence electrons. The summed E-state index contributed by atoms with van der Waals surface area (Å²) < 4.78 is 5.52. The minimum atomic E-state index is -1.23. The van der Waals surface area contributed by atoms with Crippen LogP contribution in [0.3, 0.4) is 0 Å². The van der Waals surface area contributed by atoms with Gasteiger partial charge in [-0.05, 0) is 59.7 Å². The molecular formula is C52H54N8O9. The number of aromatic amines is 3. The predicted molar refractivity (Wildman–Crippen MR) is 258 cm³/mol. The van der Waals surface area contributed by atoms with Gasteiger partial charge in [-0.1, -0.05) is 91.3 Å². The van der Waals surface area contributed by atoms with Crippen molar-refractivity contribution in [3.63, 3.8) is 0 Å². The molecule has 9 N–H and O–H groups in total. The number of hydrogen-bond acceptors (Lipinski definition) is 8. The predicted octanol–water partition coefficient (Wildman–Crippen LogP) is 5.26. The summed E-state index contributed by atoms with van der Waals surface area (Å²) in [6.07, 6.45) is 6.09. The molecule has 0 bridgehead atoms. The van der Waals surface area contributed by atoms with Gasteiger partial charge in [-0.3, -0.25) is 28.8 Å². The molecular weight excluding hydrogens is 881 g/mol. The van der Waals surface area contributed by atoms with Crippen LogP contribution in [0.25, 0.3) is 32.7 Å². The van der Waals surface area contributed by atoms with Crippen molar-refractivity contribution in [1.82, 2.24) is 41.5 Å². The van der Waals surface area contributed by atoms with E-state index < -0.39 is 72.3 Å². The number of Topliss-reactive ketones (excluding diaryl/α,β-unsaturated/α-hetero) is 1. The van der Waals surface area contributed by atoms with Gasteiger partial charge in [0.15, 0.2) is 5.78 Å². The van der Waals surface area contributed by atoms with Gasteiger partial charge >= 0.3 is 12.1 Å². The summed E-state index contributed by atoms with van der Waals surface area (Å²) >= 11 is 0. The third-order valence-corrected chi connectivity index (χ3v) is 12.6. The van der Waals surface area contributed by atoms with Gasteiger partial charge in [0.2, 0.25) is 23.6 Å². The van der Waals surface area contributed by atoms with E-state index in [1.165, 1.54) is 0 Å². The highest BCUT2D eigenvalue weighted by molar-refractivity contribution is 5.97. The van der Waals surface area contributed by atoms with Crippen molar-refractivity contribution < 1.29 is 43.4 Å². The maximum Gasteiger partial charge on any atom is 0.408 e. The first-order valence-corrected chi connectivity index (χ1v) is 23.0. The number of amides is 5. The van der Waals surface area contributed by atoms with Gasteiger partial charge in [0.1, 0.15) is 31.3 Å². The van der Waals surface area contributed by atoms with Crippen molar-refractivity contribution in [2.24, 2.45) is 5.92 Å². The van der Waals surface area contributed by atoms with Gasteiger partial charge in [0.05, 0.1) is 6.04 Å². The molecule has 8 rings (SSSR count). The first-order chi connectivity index (χ1) is 33.5. The highest BCUT2D eigenvalue weighted by Crippen LogP contribution is 2.27. The molecule has 0 aliphatic heterocycles. The molecule has 4 aromatic carbocycles. The van der Waals surface area contributed by atoms with Crippen LogP contribution < -0.4 is 26.6 Å². The minimum absolute atomic E-state index is 0.0289. The Morgan fingerprint density at radius 1 is 0.609 bits per heavy atom. The molecule has 1 aliphatic rings. The van der Waals surface area contributed by atoms with Gasteiger partial charge in [-0.25, -0.2) is 4.79 Å². The number of benzene rings is 4. The zero-order valence-corrected chi connectivity index (χ0v) is 37.7. The summed E-state index contributed by atoms with van der Waals surface area (Å²) in [7, 11) is 0. The van der Waals surface area contributed by atoms with Crippen molar-refractivity contribution in [2.45, 2.75) is 82.1 Å². The highest BCUT2D eigenvalue weighted by Gasteiger charge is 2.36. The monoisotopic (exact) mass is 934 g/mol. The summed E-state index contributed by atoms with van der Waals surface area (Å²) in [6.45, 7) is -0.653. The molecule has 5 atom stereocenters. The van der Waals surface area contributed by atoms with E-state index in [1.807, 2.05) is 103 Å². The summed E-state index contributed by atoms with van der Waals surface area (Å²) in [5.74, 6) is -4.48. The number of ketones is 1. The lowest BCUT2D eigenvalue weighted by Gasteiger charge is -2.30. The molecule has 69 heavy (non-hydrogen) atoms. The van der Waals surface area contributed by atoms with Crippen LogP contribution in [0.2, 0.25) is 0 Å². The van der Waals surface area contributed by atoms with E-state index in [1.54, 1.807) is 18.6 Å². The van der Waals surface area contributed by atoms with Crippen molar-refractivity contribution in [3.05, 3.63) is 144 Å². The Morgan fingerprint density at radius 2 is 1.12 bits per heavy atom. The van der Waals surface area contributed by atoms with Crippen LogP contribution in [0.15, 0.2) is 122 Å². The van der Waals surface area contributed by atoms with Gasteiger partial charge in [-0.2, -0.15) is 0 Å². The average molecular weight is 935 g/mol. The third kappa shape index (κ3) is 12.0. The van der Waals surface area contributed by atoms with Crippen LogP contribution in [0.4, 0.5) is 4.79 Å². The standard InChI is InChI=1S/C52H54N8O9/c61-46(57-43(49(65)56-29-47(62)63)23-33-26-53-39-17-7-4-14-36(33)39)22-21-32-13-10-20-42(48(32)64)58-50(66)44(24-34-27-54-40-18-8-5-15-37(34)40)59-51(67)45(25-35-28-55-41-19-9-6-16-38(35)41)60-52(68)69-30-31-11-2-1-3-12-31/h1-9,11-12,14-19,26-28,32,42-45,53-55H,10,13,20-25,29-30H2,(H,56,65)(H,57,61)(H,58,66)(H,59,67)(H,60,68)(H,62,63)/t32-,42-,43+,44+,45+/m1/s1. The number of para-hydroxylation sites is 3. The molecule has 0 unspecified atom stereocenters. The van der Waals surface area contributed by atoms with Crippen LogP contribution in [0.1, 0.15) is 54.4 Å². The van der Waals surface area contributed by atoms with E-state index in [2.05, 4.69) is 41.5 Å². The number of fused-ring (bicyclic) bond motifs is 3. The Hall–Kier alpha value is -8.21. The molecule has 0 saturated heterocycles. The number of carboxylic acid groups (broad SMARTS) is 1. The fourth-order valence-corrected chi connectivity index (χ4v) is 9.07. The molecule has 1 saturated carbocycles. The number of H-pyrrole nitrogens is 3. The summed E-state index contributed by atoms with van der Waals surface area (Å²) in [6, 6.07) is 27.3. The fourth-order valence-electron chi connectivity index (χ4n) is 9.07. The Balaban J connectivity index is 0.954. The summed E-state index contributed by atoms with van der Waals surface area (Å²) in [4.78, 5) is 104. The maximum absolute atomic E-state index is 14.5. The second-order valence-corrected chi connectivity index (χ2v) is 17.4. The Bertz CT molecular complexity index is 2980. The van der Waals surface area contributed by atoms with Gasteiger partial charge in [0.25, 0.3) is 0 Å². The normalized spacial score (nSPS) is 16.0. The number of aromatic nitrogens is 3. The van der Waals surface area contributed by atoms with Crippen LogP contribution in [0, 0.1) is 5.92 Å². The Morgan fingerprint density at radius 3 is 1.67 bits per heavy atom. The van der Waals surface area contributed by atoms with E-state index in [0.717, 1.165) is 55.0 Å². The number of carbonyl (C=O) groups is 7. The number of hydrogen-bond donors (Lipinski definition) is 9. The van der Waals surface area contributed by atoms with Crippen molar-refractivity contribution >= 4 is 74.2 Å². The summed E-state index contributed by atoms with van der Waals surface area (Å²) in [5.41, 5.74) is 5.53. The van der Waals surface area contributed by atoms with E-state index in [-0.39, 0.29) is 44.5 Å². The lowest BCUT2D eigenvalue weighted by atomic mass is 9.81. The molecule has 1 fully saturated rings. The number of alkyl carbamates (subject to hydrolysis) is 1. The number of nitrogens with one attached hydrogen (secondary N) is 8. The van der Waals surface area contributed by atoms with Gasteiger partial charge in [0, 0.05) is 82.9 Å². The Kier molecular flexibility index (Phi) is 15.1. The van der Waals surface area contributed by atoms with Crippen LogP contribution >= 0.6 is 0 Å². The number of carboxylic acids is 1. The minimum Gasteiger partial charge on any atom is -0.480 e. The number of rotatable bonds is 20. The van der Waals surface area contributed by atoms with Gasteiger partial charge in [-0.15, -0.1) is 0 Å². The highest BCUT2D eigenvalue weighted by atomic mass is 16.5. The second kappa shape index (κ2) is 22.1. The lowest BCUT2D eigenvalue weighted by Crippen LogP contribution is -2.57. The van der Waals surface area contributed by atoms with Crippen molar-refractivity contribution in [2.75, 3.05) is 6.54 Å². The SMILES string of the molecule is O=C(O)CNC(=O)[C@H](Cc1c[nH]c2ccccc12)NC(=O)CC[C@H]1CCC[C@@H](NC(=O)[C@H](Cc2c[nH]c3ccccc23)NC(=O)[C@H](Cc2c[nH]c3ccccc23)NC(=O)OCc2ccccc2)C1=O.